The number of benzene rings is 2. The van der Waals surface area contributed by atoms with Crippen LogP contribution < -0.4 is 18.9 Å². The number of fused-ring (bicyclic) bond motifs is 1. The minimum atomic E-state index is -0.240. The second-order valence-electron chi connectivity index (χ2n) is 8.76. The minimum absolute atomic E-state index is 0.0188. The van der Waals surface area contributed by atoms with Gasteiger partial charge in [0.1, 0.15) is 11.5 Å². The molecule has 0 aliphatic carbocycles. The van der Waals surface area contributed by atoms with Gasteiger partial charge in [0.15, 0.2) is 11.5 Å². The summed E-state index contributed by atoms with van der Waals surface area (Å²) >= 11 is 0. The summed E-state index contributed by atoms with van der Waals surface area (Å²) in [5, 5.41) is 6.46. The molecular weight excluding hydrogens is 436 g/mol. The highest BCUT2D eigenvalue weighted by molar-refractivity contribution is 6.05. The van der Waals surface area contributed by atoms with E-state index in [1.807, 2.05) is 36.4 Å². The molecule has 3 aliphatic heterocycles. The van der Waals surface area contributed by atoms with Gasteiger partial charge in [-0.1, -0.05) is 6.07 Å². The van der Waals surface area contributed by atoms with Crippen molar-refractivity contribution in [3.63, 3.8) is 0 Å². The molecule has 1 fully saturated rings. The molecule has 0 unspecified atom stereocenters. The highest BCUT2D eigenvalue weighted by atomic mass is 16.7. The van der Waals surface area contributed by atoms with E-state index in [1.54, 1.807) is 19.2 Å². The van der Waals surface area contributed by atoms with Crippen LogP contribution >= 0.6 is 0 Å². The fourth-order valence-corrected chi connectivity index (χ4v) is 4.59. The van der Waals surface area contributed by atoms with E-state index in [1.165, 1.54) is 0 Å². The molecule has 0 N–H and O–H groups in total. The monoisotopic (exact) mass is 466 g/mol. The maximum atomic E-state index is 13.5. The number of methoxy groups -OCH3 is 2. The Kier molecular flexibility index (Phi) is 6.30. The van der Waals surface area contributed by atoms with Gasteiger partial charge in [-0.15, -0.1) is 0 Å². The zero-order valence-corrected chi connectivity index (χ0v) is 19.8. The molecule has 3 aliphatic rings. The smallest absolute Gasteiger partial charge is 0.257 e. The number of carbonyl (C=O) groups excluding carboxylic acids is 1. The summed E-state index contributed by atoms with van der Waals surface area (Å²) in [5.74, 6) is 2.76. The van der Waals surface area contributed by atoms with Crippen LogP contribution in [0, 0.1) is 0 Å². The number of amides is 1. The molecule has 0 radical (unpaired) electrons. The van der Waals surface area contributed by atoms with Crippen LogP contribution in [0.3, 0.4) is 0 Å². The molecule has 1 amide bonds. The van der Waals surface area contributed by atoms with Crippen LogP contribution in [0.4, 0.5) is 0 Å². The first kappa shape index (κ1) is 22.5. The third-order valence-electron chi connectivity index (χ3n) is 6.62. The molecule has 34 heavy (non-hydrogen) atoms. The maximum absolute atomic E-state index is 13.5. The minimum Gasteiger partial charge on any atom is -0.497 e. The first-order valence-electron chi connectivity index (χ1n) is 11.5. The van der Waals surface area contributed by atoms with Crippen molar-refractivity contribution >= 4 is 11.6 Å². The number of carbonyl (C=O) groups is 1. The molecule has 3 heterocycles. The topological polar surface area (TPSA) is 76.1 Å². The van der Waals surface area contributed by atoms with Crippen molar-refractivity contribution in [2.45, 2.75) is 12.5 Å². The van der Waals surface area contributed by atoms with Gasteiger partial charge in [-0.25, -0.2) is 5.01 Å². The van der Waals surface area contributed by atoms with Crippen LogP contribution in [-0.2, 0) is 4.79 Å². The molecule has 1 atom stereocenters. The SMILES string of the molecule is COc1ccc(C2=NN(C(=O)CN3CCN(C)CC3)[C@@H](c3ccc4c(c3)OCO4)C2)c(OC)c1. The summed E-state index contributed by atoms with van der Waals surface area (Å²) in [5.41, 5.74) is 2.61. The Morgan fingerprint density at radius 3 is 2.59 bits per heavy atom. The van der Waals surface area contributed by atoms with Crippen molar-refractivity contribution in [1.29, 1.82) is 0 Å². The van der Waals surface area contributed by atoms with Crippen molar-refractivity contribution < 1.29 is 23.7 Å². The third-order valence-corrected chi connectivity index (χ3v) is 6.62. The third kappa shape index (κ3) is 4.41. The van der Waals surface area contributed by atoms with Gasteiger partial charge in [-0.05, 0) is 36.9 Å². The van der Waals surface area contributed by atoms with Crippen molar-refractivity contribution in [2.24, 2.45) is 5.10 Å². The summed E-state index contributed by atoms with van der Waals surface area (Å²) in [4.78, 5) is 18.0. The fraction of sp³-hybridized carbons (Fsp3) is 0.440. The Morgan fingerprint density at radius 2 is 1.82 bits per heavy atom. The molecule has 0 spiro atoms. The molecule has 9 heteroatoms. The second kappa shape index (κ2) is 9.52. The van der Waals surface area contributed by atoms with E-state index in [2.05, 4.69) is 16.8 Å². The van der Waals surface area contributed by atoms with Crippen molar-refractivity contribution in [3.8, 4) is 23.0 Å². The van der Waals surface area contributed by atoms with Crippen LogP contribution in [0.1, 0.15) is 23.6 Å². The molecule has 5 rings (SSSR count). The van der Waals surface area contributed by atoms with E-state index in [-0.39, 0.29) is 18.7 Å². The second-order valence-corrected chi connectivity index (χ2v) is 8.76. The van der Waals surface area contributed by atoms with Gasteiger partial charge in [0.05, 0.1) is 32.5 Å². The summed E-state index contributed by atoms with van der Waals surface area (Å²) < 4.78 is 22.0. The number of rotatable bonds is 6. The number of hydrazone groups is 1. The predicted molar refractivity (Wildman–Crippen MR) is 127 cm³/mol. The van der Waals surface area contributed by atoms with E-state index in [9.17, 15) is 4.79 Å². The Morgan fingerprint density at radius 1 is 1.03 bits per heavy atom. The van der Waals surface area contributed by atoms with Crippen molar-refractivity contribution in [2.75, 3.05) is 60.8 Å². The van der Waals surface area contributed by atoms with E-state index in [4.69, 9.17) is 24.0 Å². The maximum Gasteiger partial charge on any atom is 0.257 e. The molecule has 0 bridgehead atoms. The number of ether oxygens (including phenoxy) is 4. The average Bonchev–Trinajstić information content (AvgIpc) is 3.52. The van der Waals surface area contributed by atoms with Gasteiger partial charge in [0.2, 0.25) is 6.79 Å². The van der Waals surface area contributed by atoms with Crippen LogP contribution in [0.15, 0.2) is 41.5 Å². The lowest BCUT2D eigenvalue weighted by Gasteiger charge is -2.33. The van der Waals surface area contributed by atoms with E-state index in [0.29, 0.717) is 30.2 Å². The van der Waals surface area contributed by atoms with Crippen LogP contribution in [0.2, 0.25) is 0 Å². The standard InChI is InChI=1S/C25H30N4O5/c1-27-8-10-28(11-9-27)15-25(30)29-21(17-4-7-22-24(12-17)34-16-33-22)14-20(26-29)19-6-5-18(31-2)13-23(19)32-3/h4-7,12-13,21H,8-11,14-16H2,1-3H3/t21-/m1/s1. The Balaban J connectivity index is 1.45. The molecule has 0 saturated carbocycles. The Hall–Kier alpha value is -3.30. The number of nitrogens with zero attached hydrogens (tertiary/aromatic N) is 4. The highest BCUT2D eigenvalue weighted by Crippen LogP contribution is 2.40. The first-order chi connectivity index (χ1) is 16.6. The predicted octanol–water partition coefficient (Wildman–Crippen LogP) is 2.36. The molecule has 0 aromatic heterocycles. The molecule has 2 aromatic rings. The average molecular weight is 467 g/mol. The zero-order valence-electron chi connectivity index (χ0n) is 19.8. The lowest BCUT2D eigenvalue weighted by Crippen LogP contribution is -2.48. The van der Waals surface area contributed by atoms with Crippen LogP contribution in [0.5, 0.6) is 23.0 Å². The molecule has 1 saturated heterocycles. The number of likely N-dealkylation sites (N-methyl/N-ethyl adjacent to an activating group) is 1. The van der Waals surface area contributed by atoms with Crippen molar-refractivity contribution in [3.05, 3.63) is 47.5 Å². The number of hydrogen-bond donors (Lipinski definition) is 0. The molecular formula is C25H30N4O5. The molecule has 2 aromatic carbocycles. The van der Waals surface area contributed by atoms with Gasteiger partial charge in [-0.2, -0.15) is 5.10 Å². The highest BCUT2D eigenvalue weighted by Gasteiger charge is 2.35. The van der Waals surface area contributed by atoms with Crippen LogP contribution in [-0.4, -0.2) is 87.2 Å². The van der Waals surface area contributed by atoms with E-state index in [0.717, 1.165) is 48.8 Å². The summed E-state index contributed by atoms with van der Waals surface area (Å²) in [6, 6.07) is 11.2. The van der Waals surface area contributed by atoms with Gasteiger partial charge in [-0.3, -0.25) is 9.69 Å². The molecule has 9 nitrogen and oxygen atoms in total. The quantitative estimate of drug-likeness (QED) is 0.647. The van der Waals surface area contributed by atoms with E-state index >= 15 is 0 Å². The number of hydrogen-bond acceptors (Lipinski definition) is 8. The van der Waals surface area contributed by atoms with E-state index < -0.39 is 0 Å². The summed E-state index contributed by atoms with van der Waals surface area (Å²) in [6.45, 7) is 4.19. The lowest BCUT2D eigenvalue weighted by atomic mass is 9.97. The lowest BCUT2D eigenvalue weighted by molar-refractivity contribution is -0.134. The Bertz CT molecular complexity index is 1100. The normalized spacial score (nSPS) is 20.4. The van der Waals surface area contributed by atoms with Gasteiger partial charge in [0, 0.05) is 44.2 Å². The Labute approximate surface area is 199 Å². The molecule has 180 valence electrons. The van der Waals surface area contributed by atoms with Crippen molar-refractivity contribution in [1.82, 2.24) is 14.8 Å². The fourth-order valence-electron chi connectivity index (χ4n) is 4.59. The summed E-state index contributed by atoms with van der Waals surface area (Å²) in [7, 11) is 5.35. The largest absolute Gasteiger partial charge is 0.497 e. The zero-order chi connectivity index (χ0) is 23.7. The van der Waals surface area contributed by atoms with Gasteiger partial charge >= 0.3 is 0 Å². The van der Waals surface area contributed by atoms with Crippen LogP contribution in [0.25, 0.3) is 0 Å². The van der Waals surface area contributed by atoms with Gasteiger partial charge in [0.25, 0.3) is 5.91 Å². The summed E-state index contributed by atoms with van der Waals surface area (Å²) in [6.07, 6.45) is 0.566. The first-order valence-corrected chi connectivity index (χ1v) is 11.5. The number of piperazine rings is 1. The van der Waals surface area contributed by atoms with Gasteiger partial charge < -0.3 is 23.8 Å².